The summed E-state index contributed by atoms with van der Waals surface area (Å²) in [5.74, 6) is 1.28. The van der Waals surface area contributed by atoms with Crippen molar-refractivity contribution < 1.29 is 23.8 Å². The normalized spacial score (nSPS) is 25.3. The summed E-state index contributed by atoms with van der Waals surface area (Å²) in [4.78, 5) is 26.3. The first kappa shape index (κ1) is 15.3. The van der Waals surface area contributed by atoms with Crippen LogP contribution < -0.4 is 19.7 Å². The minimum absolute atomic E-state index is 0.0433. The smallest absolute Gasteiger partial charge is 0.231 e. The van der Waals surface area contributed by atoms with Crippen molar-refractivity contribution in [1.29, 1.82) is 0 Å². The summed E-state index contributed by atoms with van der Waals surface area (Å²) in [6.45, 7) is 2.68. The van der Waals surface area contributed by atoms with E-state index in [4.69, 9.17) is 14.2 Å². The van der Waals surface area contributed by atoms with Gasteiger partial charge in [0, 0.05) is 43.8 Å². The predicted octanol–water partition coefficient (Wildman–Crippen LogP) is 0.921. The molecule has 24 heavy (non-hydrogen) atoms. The third kappa shape index (κ3) is 2.91. The Morgan fingerprint density at radius 2 is 2.17 bits per heavy atom. The lowest BCUT2D eigenvalue weighted by molar-refractivity contribution is -0.126. The topological polar surface area (TPSA) is 77.1 Å². The molecule has 1 aromatic carbocycles. The van der Waals surface area contributed by atoms with Crippen molar-refractivity contribution in [3.05, 3.63) is 18.2 Å². The second-order valence-corrected chi connectivity index (χ2v) is 6.42. The van der Waals surface area contributed by atoms with E-state index < -0.39 is 0 Å². The standard InChI is InChI=1S/C17H20N2O5/c20-16-5-12(17(21)18-7-11-3-4-22-9-11)8-19(16)13-1-2-14-15(6-13)24-10-23-14/h1-2,6,11-12H,3-5,7-10H2,(H,18,21). The molecule has 3 aliphatic rings. The van der Waals surface area contributed by atoms with Gasteiger partial charge in [-0.1, -0.05) is 0 Å². The molecule has 0 spiro atoms. The molecule has 0 aromatic heterocycles. The molecule has 0 radical (unpaired) electrons. The number of nitrogens with one attached hydrogen (secondary N) is 1. The van der Waals surface area contributed by atoms with Crippen LogP contribution in [0.25, 0.3) is 0 Å². The molecular weight excluding hydrogens is 312 g/mol. The maximum Gasteiger partial charge on any atom is 0.231 e. The van der Waals surface area contributed by atoms with Crippen LogP contribution in [-0.4, -0.2) is 44.9 Å². The van der Waals surface area contributed by atoms with Gasteiger partial charge in [0.25, 0.3) is 0 Å². The summed E-state index contributed by atoms with van der Waals surface area (Å²) in [7, 11) is 0. The predicted molar refractivity (Wildman–Crippen MR) is 85.0 cm³/mol. The molecule has 4 rings (SSSR count). The Balaban J connectivity index is 1.38. The van der Waals surface area contributed by atoms with E-state index in [1.165, 1.54) is 0 Å². The number of hydrogen-bond acceptors (Lipinski definition) is 5. The summed E-state index contributed by atoms with van der Waals surface area (Å²) in [5.41, 5.74) is 0.740. The van der Waals surface area contributed by atoms with Gasteiger partial charge in [-0.2, -0.15) is 0 Å². The Bertz CT molecular complexity index is 656. The largest absolute Gasteiger partial charge is 0.454 e. The van der Waals surface area contributed by atoms with Crippen LogP contribution in [0, 0.1) is 11.8 Å². The Labute approximate surface area is 139 Å². The number of amides is 2. The SMILES string of the molecule is O=C(NCC1CCOC1)C1CC(=O)N(c2ccc3c(c2)OCO3)C1. The summed E-state index contributed by atoms with van der Waals surface area (Å²) in [5, 5.41) is 2.96. The van der Waals surface area contributed by atoms with Crippen LogP contribution in [0.3, 0.4) is 0 Å². The fourth-order valence-electron chi connectivity index (χ4n) is 3.32. The zero-order valence-corrected chi connectivity index (χ0v) is 13.3. The van der Waals surface area contributed by atoms with E-state index in [-0.39, 0.29) is 30.9 Å². The Hall–Kier alpha value is -2.28. The van der Waals surface area contributed by atoms with Gasteiger partial charge < -0.3 is 24.4 Å². The van der Waals surface area contributed by atoms with Crippen molar-refractivity contribution in [2.24, 2.45) is 11.8 Å². The molecule has 2 unspecified atom stereocenters. The van der Waals surface area contributed by atoms with Crippen molar-refractivity contribution in [3.8, 4) is 11.5 Å². The number of benzene rings is 1. The molecule has 0 saturated carbocycles. The van der Waals surface area contributed by atoms with Crippen molar-refractivity contribution >= 4 is 17.5 Å². The van der Waals surface area contributed by atoms with Gasteiger partial charge in [-0.15, -0.1) is 0 Å². The summed E-state index contributed by atoms with van der Waals surface area (Å²) < 4.78 is 15.9. The van der Waals surface area contributed by atoms with E-state index >= 15 is 0 Å². The monoisotopic (exact) mass is 332 g/mol. The van der Waals surface area contributed by atoms with Crippen molar-refractivity contribution in [1.82, 2.24) is 5.32 Å². The molecule has 7 nitrogen and oxygen atoms in total. The molecule has 0 aliphatic carbocycles. The number of carbonyl (C=O) groups is 2. The molecule has 2 atom stereocenters. The van der Waals surface area contributed by atoms with E-state index in [2.05, 4.69) is 5.32 Å². The molecule has 128 valence electrons. The molecule has 7 heteroatoms. The van der Waals surface area contributed by atoms with Crippen LogP contribution >= 0.6 is 0 Å². The van der Waals surface area contributed by atoms with Crippen LogP contribution in [-0.2, 0) is 14.3 Å². The van der Waals surface area contributed by atoms with Crippen LogP contribution in [0.15, 0.2) is 18.2 Å². The molecule has 2 amide bonds. The van der Waals surface area contributed by atoms with Crippen molar-refractivity contribution in [2.45, 2.75) is 12.8 Å². The highest BCUT2D eigenvalue weighted by Crippen LogP contribution is 2.37. The number of anilines is 1. The molecular formula is C17H20N2O5. The number of nitrogens with zero attached hydrogens (tertiary/aromatic N) is 1. The van der Waals surface area contributed by atoms with E-state index in [1.54, 1.807) is 17.0 Å². The van der Waals surface area contributed by atoms with Crippen LogP contribution in [0.1, 0.15) is 12.8 Å². The maximum atomic E-state index is 12.3. The first-order chi connectivity index (χ1) is 11.7. The van der Waals surface area contributed by atoms with Crippen molar-refractivity contribution in [3.63, 3.8) is 0 Å². The molecule has 1 aromatic rings. The Morgan fingerprint density at radius 3 is 3.00 bits per heavy atom. The van der Waals surface area contributed by atoms with Gasteiger partial charge in [-0.3, -0.25) is 9.59 Å². The van der Waals surface area contributed by atoms with Gasteiger partial charge in [0.1, 0.15) is 0 Å². The van der Waals surface area contributed by atoms with Gasteiger partial charge in [0.2, 0.25) is 18.6 Å². The first-order valence-electron chi connectivity index (χ1n) is 8.26. The lowest BCUT2D eigenvalue weighted by atomic mass is 10.1. The molecule has 1 N–H and O–H groups in total. The third-order valence-electron chi connectivity index (χ3n) is 4.75. The number of fused-ring (bicyclic) bond motifs is 1. The van der Waals surface area contributed by atoms with Gasteiger partial charge in [0.15, 0.2) is 11.5 Å². The van der Waals surface area contributed by atoms with E-state index in [9.17, 15) is 9.59 Å². The van der Waals surface area contributed by atoms with Crippen LogP contribution in [0.2, 0.25) is 0 Å². The minimum Gasteiger partial charge on any atom is -0.454 e. The van der Waals surface area contributed by atoms with Crippen molar-refractivity contribution in [2.75, 3.05) is 38.0 Å². The summed E-state index contributed by atoms with van der Waals surface area (Å²) in [6, 6.07) is 5.40. The zero-order chi connectivity index (χ0) is 16.5. The van der Waals surface area contributed by atoms with Crippen LogP contribution in [0.4, 0.5) is 5.69 Å². The lowest BCUT2D eigenvalue weighted by Crippen LogP contribution is -2.36. The fraction of sp³-hybridized carbons (Fsp3) is 0.529. The second-order valence-electron chi connectivity index (χ2n) is 6.42. The molecule has 3 aliphatic heterocycles. The van der Waals surface area contributed by atoms with Gasteiger partial charge >= 0.3 is 0 Å². The Kier molecular flexibility index (Phi) is 4.02. The van der Waals surface area contributed by atoms with Gasteiger partial charge in [-0.25, -0.2) is 0 Å². The highest BCUT2D eigenvalue weighted by molar-refractivity contribution is 6.00. The average molecular weight is 332 g/mol. The third-order valence-corrected chi connectivity index (χ3v) is 4.75. The number of hydrogen-bond donors (Lipinski definition) is 1. The first-order valence-corrected chi connectivity index (χ1v) is 8.26. The Morgan fingerprint density at radius 1 is 1.29 bits per heavy atom. The van der Waals surface area contributed by atoms with E-state index in [0.717, 1.165) is 18.7 Å². The van der Waals surface area contributed by atoms with Crippen LogP contribution in [0.5, 0.6) is 11.5 Å². The zero-order valence-electron chi connectivity index (χ0n) is 13.3. The number of rotatable bonds is 4. The van der Waals surface area contributed by atoms with E-state index in [0.29, 0.717) is 37.1 Å². The van der Waals surface area contributed by atoms with Gasteiger partial charge in [0.05, 0.1) is 12.5 Å². The highest BCUT2D eigenvalue weighted by atomic mass is 16.7. The number of ether oxygens (including phenoxy) is 3. The molecule has 3 heterocycles. The average Bonchev–Trinajstić information content (AvgIpc) is 3.32. The number of carbonyl (C=O) groups excluding carboxylic acids is 2. The highest BCUT2D eigenvalue weighted by Gasteiger charge is 2.35. The van der Waals surface area contributed by atoms with E-state index in [1.807, 2.05) is 6.07 Å². The molecule has 2 fully saturated rings. The molecule has 0 bridgehead atoms. The second kappa shape index (κ2) is 6.32. The molecule has 2 saturated heterocycles. The quantitative estimate of drug-likeness (QED) is 0.887. The lowest BCUT2D eigenvalue weighted by Gasteiger charge is -2.17. The fourth-order valence-corrected chi connectivity index (χ4v) is 3.32. The summed E-state index contributed by atoms with van der Waals surface area (Å²) >= 11 is 0. The summed E-state index contributed by atoms with van der Waals surface area (Å²) in [6.07, 6.45) is 1.22. The van der Waals surface area contributed by atoms with Gasteiger partial charge in [-0.05, 0) is 18.6 Å². The maximum absolute atomic E-state index is 12.3. The minimum atomic E-state index is -0.315.